The van der Waals surface area contributed by atoms with Crippen molar-refractivity contribution >= 4 is 51.6 Å². The summed E-state index contributed by atoms with van der Waals surface area (Å²) >= 11 is 3.27. The van der Waals surface area contributed by atoms with Gasteiger partial charge in [-0.25, -0.2) is 0 Å². The number of rotatable bonds is 2. The summed E-state index contributed by atoms with van der Waals surface area (Å²) in [5, 5.41) is -0.229. The molecular formula is C17H15IN2O2S. The first-order valence-electron chi connectivity index (χ1n) is 7.05. The quantitative estimate of drug-likeness (QED) is 0.517. The number of hydrogen-bond donors (Lipinski definition) is 0. The number of halogens is 1. The molecule has 4 nitrogen and oxygen atoms in total. The van der Waals surface area contributed by atoms with Gasteiger partial charge in [-0.2, -0.15) is 0 Å². The topological polar surface area (TPSA) is 42.3 Å². The molecule has 3 rings (SSSR count). The van der Waals surface area contributed by atoms with Gasteiger partial charge in [-0.3, -0.25) is 14.5 Å². The molecule has 0 saturated carbocycles. The van der Waals surface area contributed by atoms with Gasteiger partial charge in [0.05, 0.1) is 4.91 Å². The third-order valence-electron chi connectivity index (χ3n) is 3.83. The van der Waals surface area contributed by atoms with Crippen LogP contribution in [-0.4, -0.2) is 27.7 Å². The second kappa shape index (κ2) is 6.16. The molecule has 0 spiro atoms. The summed E-state index contributed by atoms with van der Waals surface area (Å²) < 4.78 is 3.34. The number of thioether (sulfide) groups is 1. The molecule has 0 N–H and O–H groups in total. The van der Waals surface area contributed by atoms with Crippen molar-refractivity contribution in [2.45, 2.75) is 13.8 Å². The molecule has 1 saturated heterocycles. The number of hydrogen-bond acceptors (Lipinski definition) is 3. The van der Waals surface area contributed by atoms with Crippen molar-refractivity contribution < 1.29 is 9.59 Å². The van der Waals surface area contributed by atoms with Crippen LogP contribution >= 0.6 is 34.4 Å². The number of nitrogens with zero attached hydrogens (tertiary/aromatic N) is 2. The van der Waals surface area contributed by atoms with Crippen LogP contribution in [0.4, 0.5) is 4.79 Å². The molecule has 1 aromatic heterocycles. The normalized spacial score (nSPS) is 16.7. The van der Waals surface area contributed by atoms with E-state index in [0.29, 0.717) is 4.91 Å². The van der Waals surface area contributed by atoms with Crippen LogP contribution in [0.15, 0.2) is 35.2 Å². The van der Waals surface area contributed by atoms with Crippen LogP contribution in [0.3, 0.4) is 0 Å². The predicted octanol–water partition coefficient (Wildman–Crippen LogP) is 4.36. The monoisotopic (exact) mass is 438 g/mol. The van der Waals surface area contributed by atoms with Crippen molar-refractivity contribution in [2.24, 2.45) is 0 Å². The number of carbonyl (C=O) groups is 2. The van der Waals surface area contributed by atoms with E-state index in [9.17, 15) is 9.59 Å². The molecule has 1 aliphatic heterocycles. The minimum atomic E-state index is -0.237. The molecule has 118 valence electrons. The minimum Gasteiger partial charge on any atom is -0.318 e. The van der Waals surface area contributed by atoms with Gasteiger partial charge < -0.3 is 4.57 Å². The molecule has 0 aliphatic carbocycles. The largest absolute Gasteiger partial charge is 0.318 e. The van der Waals surface area contributed by atoms with Crippen molar-refractivity contribution in [2.75, 3.05) is 7.05 Å². The number of imide groups is 1. The highest BCUT2D eigenvalue weighted by Gasteiger charge is 2.32. The molecule has 0 radical (unpaired) electrons. The van der Waals surface area contributed by atoms with Crippen molar-refractivity contribution in [3.63, 3.8) is 0 Å². The highest BCUT2D eigenvalue weighted by atomic mass is 127. The zero-order valence-electron chi connectivity index (χ0n) is 13.0. The summed E-state index contributed by atoms with van der Waals surface area (Å²) in [5.41, 5.74) is 4.18. The van der Waals surface area contributed by atoms with Crippen LogP contribution in [0.2, 0.25) is 0 Å². The van der Waals surface area contributed by atoms with E-state index in [1.165, 1.54) is 10.6 Å². The van der Waals surface area contributed by atoms with Crippen LogP contribution in [0, 0.1) is 17.4 Å². The van der Waals surface area contributed by atoms with E-state index in [-0.39, 0.29) is 11.1 Å². The van der Waals surface area contributed by atoms with Gasteiger partial charge in [-0.05, 0) is 90.2 Å². The second-order valence-electron chi connectivity index (χ2n) is 5.38. The number of amides is 2. The lowest BCUT2D eigenvalue weighted by Crippen LogP contribution is -2.22. The molecule has 2 aromatic rings. The first-order chi connectivity index (χ1) is 10.9. The Hall–Kier alpha value is -1.54. The maximum atomic E-state index is 12.0. The highest BCUT2D eigenvalue weighted by molar-refractivity contribution is 14.1. The molecule has 2 heterocycles. The van der Waals surface area contributed by atoms with E-state index in [1.54, 1.807) is 6.08 Å². The average Bonchev–Trinajstić information content (AvgIpc) is 2.92. The van der Waals surface area contributed by atoms with E-state index < -0.39 is 0 Å². The summed E-state index contributed by atoms with van der Waals surface area (Å²) in [5.74, 6) is -0.237. The maximum absolute atomic E-state index is 12.0. The van der Waals surface area contributed by atoms with E-state index in [2.05, 4.69) is 51.4 Å². The van der Waals surface area contributed by atoms with E-state index >= 15 is 0 Å². The summed E-state index contributed by atoms with van der Waals surface area (Å²) in [6, 6.07) is 10.3. The van der Waals surface area contributed by atoms with Gasteiger partial charge in [0.25, 0.3) is 11.1 Å². The Balaban J connectivity index is 2.03. The maximum Gasteiger partial charge on any atom is 0.293 e. The lowest BCUT2D eigenvalue weighted by Gasteiger charge is -2.09. The van der Waals surface area contributed by atoms with Crippen LogP contribution in [0.5, 0.6) is 0 Å². The number of carbonyl (C=O) groups excluding carboxylic acids is 2. The van der Waals surface area contributed by atoms with Crippen molar-refractivity contribution in [3.8, 4) is 5.69 Å². The fraction of sp³-hybridized carbons (Fsp3) is 0.176. The molecule has 0 bridgehead atoms. The van der Waals surface area contributed by atoms with Gasteiger partial charge in [0.1, 0.15) is 0 Å². The number of benzene rings is 1. The predicted molar refractivity (Wildman–Crippen MR) is 102 cm³/mol. The van der Waals surface area contributed by atoms with Gasteiger partial charge in [-0.1, -0.05) is 0 Å². The SMILES string of the molecule is Cc1cc(C=C2SC(=O)N(C)C2=O)c(C)n1-c1ccc(I)cc1. The Bertz CT molecular complexity index is 837. The highest BCUT2D eigenvalue weighted by Crippen LogP contribution is 2.32. The Kier molecular flexibility index (Phi) is 4.37. The van der Waals surface area contributed by atoms with Crippen molar-refractivity contribution in [1.29, 1.82) is 0 Å². The van der Waals surface area contributed by atoms with Gasteiger partial charge in [0, 0.05) is 27.7 Å². The fourth-order valence-corrected chi connectivity index (χ4v) is 3.79. The second-order valence-corrected chi connectivity index (χ2v) is 7.62. The van der Waals surface area contributed by atoms with Crippen LogP contribution in [0.1, 0.15) is 17.0 Å². The number of aromatic nitrogens is 1. The molecule has 1 aromatic carbocycles. The molecule has 1 fully saturated rings. The Morgan fingerprint density at radius 3 is 2.35 bits per heavy atom. The van der Waals surface area contributed by atoms with Crippen molar-refractivity contribution in [1.82, 2.24) is 9.47 Å². The van der Waals surface area contributed by atoms with Gasteiger partial charge in [0.2, 0.25) is 0 Å². The Morgan fingerprint density at radius 1 is 1.13 bits per heavy atom. The van der Waals surface area contributed by atoms with Gasteiger partial charge in [0.15, 0.2) is 0 Å². The summed E-state index contributed by atoms with van der Waals surface area (Å²) in [6.07, 6.45) is 1.81. The van der Waals surface area contributed by atoms with Crippen LogP contribution in [-0.2, 0) is 4.79 Å². The van der Waals surface area contributed by atoms with Gasteiger partial charge >= 0.3 is 0 Å². The first kappa shape index (κ1) is 16.3. The zero-order valence-corrected chi connectivity index (χ0v) is 15.9. The van der Waals surface area contributed by atoms with E-state index in [1.807, 2.05) is 19.9 Å². The molecule has 0 unspecified atom stereocenters. The third kappa shape index (κ3) is 2.97. The zero-order chi connectivity index (χ0) is 16.7. The molecule has 6 heteroatoms. The number of likely N-dealkylation sites (N-methyl/N-ethyl adjacent to an activating group) is 1. The van der Waals surface area contributed by atoms with Gasteiger partial charge in [-0.15, -0.1) is 0 Å². The van der Waals surface area contributed by atoms with E-state index in [0.717, 1.165) is 39.3 Å². The van der Waals surface area contributed by atoms with Crippen LogP contribution in [0.25, 0.3) is 11.8 Å². The minimum absolute atomic E-state index is 0.229. The summed E-state index contributed by atoms with van der Waals surface area (Å²) in [4.78, 5) is 25.3. The number of aryl methyl sites for hydroxylation is 1. The molecule has 2 amide bonds. The third-order valence-corrected chi connectivity index (χ3v) is 5.51. The molecular weight excluding hydrogens is 423 g/mol. The lowest BCUT2D eigenvalue weighted by atomic mass is 10.2. The molecule has 1 aliphatic rings. The molecule has 0 atom stereocenters. The van der Waals surface area contributed by atoms with Crippen molar-refractivity contribution in [3.05, 3.63) is 55.8 Å². The molecule has 23 heavy (non-hydrogen) atoms. The summed E-state index contributed by atoms with van der Waals surface area (Å²) in [7, 11) is 1.51. The summed E-state index contributed by atoms with van der Waals surface area (Å²) in [6.45, 7) is 4.06. The first-order valence-corrected chi connectivity index (χ1v) is 8.94. The van der Waals surface area contributed by atoms with Crippen LogP contribution < -0.4 is 0 Å². The Morgan fingerprint density at radius 2 is 1.78 bits per heavy atom. The lowest BCUT2D eigenvalue weighted by molar-refractivity contribution is -0.121. The average molecular weight is 438 g/mol. The fourth-order valence-electron chi connectivity index (χ4n) is 2.61. The standard InChI is InChI=1S/C17H15IN2O2S/c1-10-8-12(9-15-16(21)19(3)17(22)23-15)11(2)20(10)14-6-4-13(18)5-7-14/h4-9H,1-3H3. The smallest absolute Gasteiger partial charge is 0.293 e. The van der Waals surface area contributed by atoms with E-state index in [4.69, 9.17) is 0 Å². The Labute approximate surface area is 152 Å².